The minimum absolute atomic E-state index is 0.233. The van der Waals surface area contributed by atoms with Crippen molar-refractivity contribution >= 4 is 5.97 Å². The average Bonchev–Trinajstić information content (AvgIpc) is 2.48. The van der Waals surface area contributed by atoms with Crippen molar-refractivity contribution in [3.05, 3.63) is 23.5 Å². The lowest BCUT2D eigenvalue weighted by atomic mass is 10.2. The van der Waals surface area contributed by atoms with Crippen LogP contribution < -0.4 is 0 Å². The highest BCUT2D eigenvalue weighted by Crippen LogP contribution is 2.12. The molecule has 0 fully saturated rings. The SMILES string of the molecule is CCc1c(C(=O)O)ccn1CCF. The Morgan fingerprint density at radius 1 is 1.69 bits per heavy atom. The summed E-state index contributed by atoms with van der Waals surface area (Å²) >= 11 is 0. The third kappa shape index (κ3) is 1.88. The summed E-state index contributed by atoms with van der Waals surface area (Å²) in [6, 6.07) is 1.51. The van der Waals surface area contributed by atoms with E-state index in [1.165, 1.54) is 6.07 Å². The van der Waals surface area contributed by atoms with Crippen LogP contribution in [0.3, 0.4) is 0 Å². The van der Waals surface area contributed by atoms with Crippen LogP contribution in [0.5, 0.6) is 0 Å². The molecule has 0 aliphatic heterocycles. The first-order valence-corrected chi connectivity index (χ1v) is 4.18. The van der Waals surface area contributed by atoms with E-state index >= 15 is 0 Å². The monoisotopic (exact) mass is 185 g/mol. The van der Waals surface area contributed by atoms with Gasteiger partial charge in [0.1, 0.15) is 6.67 Å². The summed E-state index contributed by atoms with van der Waals surface area (Å²) in [6.07, 6.45) is 2.22. The summed E-state index contributed by atoms with van der Waals surface area (Å²) in [5, 5.41) is 8.77. The fourth-order valence-corrected chi connectivity index (χ4v) is 1.39. The number of hydrogen-bond acceptors (Lipinski definition) is 1. The zero-order valence-electron chi connectivity index (χ0n) is 7.46. The first kappa shape index (κ1) is 9.77. The van der Waals surface area contributed by atoms with Gasteiger partial charge in [-0.25, -0.2) is 9.18 Å². The molecule has 1 aromatic rings. The van der Waals surface area contributed by atoms with E-state index in [1.807, 2.05) is 6.92 Å². The predicted octanol–water partition coefficient (Wildman–Crippen LogP) is 1.72. The number of carboxylic acids is 1. The number of aromatic carboxylic acids is 1. The number of carbonyl (C=O) groups is 1. The van der Waals surface area contributed by atoms with Gasteiger partial charge in [-0.2, -0.15) is 0 Å². The fourth-order valence-electron chi connectivity index (χ4n) is 1.39. The highest BCUT2D eigenvalue weighted by atomic mass is 19.1. The molecule has 0 spiro atoms. The zero-order valence-corrected chi connectivity index (χ0v) is 7.46. The maximum Gasteiger partial charge on any atom is 0.337 e. The van der Waals surface area contributed by atoms with E-state index in [4.69, 9.17) is 5.11 Å². The quantitative estimate of drug-likeness (QED) is 0.776. The lowest BCUT2D eigenvalue weighted by Gasteiger charge is -2.05. The van der Waals surface area contributed by atoms with Crippen LogP contribution in [0, 0.1) is 0 Å². The molecule has 0 bridgehead atoms. The minimum Gasteiger partial charge on any atom is -0.478 e. The van der Waals surface area contributed by atoms with Crippen molar-refractivity contribution in [1.82, 2.24) is 4.57 Å². The van der Waals surface area contributed by atoms with Gasteiger partial charge in [0, 0.05) is 11.9 Å². The van der Waals surface area contributed by atoms with Gasteiger partial charge in [-0.05, 0) is 12.5 Å². The number of hydrogen-bond donors (Lipinski definition) is 1. The fraction of sp³-hybridized carbons (Fsp3) is 0.444. The van der Waals surface area contributed by atoms with Gasteiger partial charge in [0.2, 0.25) is 0 Å². The smallest absolute Gasteiger partial charge is 0.337 e. The maximum atomic E-state index is 12.0. The van der Waals surface area contributed by atoms with E-state index in [-0.39, 0.29) is 12.1 Å². The molecule has 3 nitrogen and oxygen atoms in total. The van der Waals surface area contributed by atoms with E-state index in [2.05, 4.69) is 0 Å². The van der Waals surface area contributed by atoms with Gasteiger partial charge in [-0.1, -0.05) is 6.92 Å². The number of nitrogens with zero attached hydrogens (tertiary/aromatic N) is 1. The molecule has 1 N–H and O–H groups in total. The second kappa shape index (κ2) is 4.07. The van der Waals surface area contributed by atoms with E-state index in [0.717, 1.165) is 0 Å². The van der Waals surface area contributed by atoms with Crippen LogP contribution in [0.15, 0.2) is 12.3 Å². The van der Waals surface area contributed by atoms with E-state index in [9.17, 15) is 9.18 Å². The van der Waals surface area contributed by atoms with E-state index in [0.29, 0.717) is 12.1 Å². The van der Waals surface area contributed by atoms with Gasteiger partial charge in [0.05, 0.1) is 12.1 Å². The molecular weight excluding hydrogens is 173 g/mol. The molecule has 4 heteroatoms. The third-order valence-electron chi connectivity index (χ3n) is 1.97. The second-order valence-electron chi connectivity index (χ2n) is 2.72. The summed E-state index contributed by atoms with van der Waals surface area (Å²) in [5.74, 6) is -0.950. The highest BCUT2D eigenvalue weighted by Gasteiger charge is 2.12. The Morgan fingerprint density at radius 2 is 2.38 bits per heavy atom. The van der Waals surface area contributed by atoms with Crippen molar-refractivity contribution in [2.45, 2.75) is 19.9 Å². The standard InChI is InChI=1S/C9H12FNO2/c1-2-8-7(9(12)13)3-5-11(8)6-4-10/h3,5H,2,4,6H2,1H3,(H,12,13). The molecule has 0 aliphatic carbocycles. The summed E-state index contributed by atoms with van der Waals surface area (Å²) in [4.78, 5) is 10.7. The Balaban J connectivity index is 3.03. The summed E-state index contributed by atoms with van der Waals surface area (Å²) in [7, 11) is 0. The van der Waals surface area contributed by atoms with Crippen molar-refractivity contribution in [2.24, 2.45) is 0 Å². The summed E-state index contributed by atoms with van der Waals surface area (Å²) in [5.41, 5.74) is 0.959. The Bertz CT molecular complexity index is 307. The van der Waals surface area contributed by atoms with Gasteiger partial charge < -0.3 is 9.67 Å². The van der Waals surface area contributed by atoms with Crippen LogP contribution in [0.4, 0.5) is 4.39 Å². The molecule has 1 aromatic heterocycles. The van der Waals surface area contributed by atoms with Crippen molar-refractivity contribution < 1.29 is 14.3 Å². The predicted molar refractivity (Wildman–Crippen MR) is 46.7 cm³/mol. The molecule has 0 amide bonds. The van der Waals surface area contributed by atoms with E-state index in [1.54, 1.807) is 10.8 Å². The average molecular weight is 185 g/mol. The number of halogens is 1. The first-order chi connectivity index (χ1) is 6.20. The number of aromatic nitrogens is 1. The van der Waals surface area contributed by atoms with Gasteiger partial charge in [-0.3, -0.25) is 0 Å². The third-order valence-corrected chi connectivity index (χ3v) is 1.97. The lowest BCUT2D eigenvalue weighted by Crippen LogP contribution is -2.06. The largest absolute Gasteiger partial charge is 0.478 e. The molecule has 0 aromatic carbocycles. The molecule has 13 heavy (non-hydrogen) atoms. The Morgan fingerprint density at radius 3 is 2.85 bits per heavy atom. The van der Waals surface area contributed by atoms with Crippen LogP contribution in [0.25, 0.3) is 0 Å². The van der Waals surface area contributed by atoms with Gasteiger partial charge in [0.25, 0.3) is 0 Å². The van der Waals surface area contributed by atoms with Gasteiger partial charge in [0.15, 0.2) is 0 Å². The highest BCUT2D eigenvalue weighted by molar-refractivity contribution is 5.89. The summed E-state index contributed by atoms with van der Waals surface area (Å²) in [6.45, 7) is 1.62. The van der Waals surface area contributed by atoms with Gasteiger partial charge in [-0.15, -0.1) is 0 Å². The molecule has 1 rings (SSSR count). The lowest BCUT2D eigenvalue weighted by molar-refractivity contribution is 0.0695. The molecule has 72 valence electrons. The maximum absolute atomic E-state index is 12.0. The van der Waals surface area contributed by atoms with Crippen molar-refractivity contribution in [1.29, 1.82) is 0 Å². The van der Waals surface area contributed by atoms with Crippen molar-refractivity contribution in [3.63, 3.8) is 0 Å². The number of alkyl halides is 1. The summed E-state index contributed by atoms with van der Waals surface area (Å²) < 4.78 is 13.7. The van der Waals surface area contributed by atoms with Crippen LogP contribution in [-0.4, -0.2) is 22.3 Å². The molecule has 0 atom stereocenters. The van der Waals surface area contributed by atoms with E-state index < -0.39 is 12.6 Å². The molecule has 0 saturated carbocycles. The minimum atomic E-state index is -0.950. The van der Waals surface area contributed by atoms with Crippen molar-refractivity contribution in [3.8, 4) is 0 Å². The number of rotatable bonds is 4. The molecular formula is C9H12FNO2. The van der Waals surface area contributed by atoms with Gasteiger partial charge >= 0.3 is 5.97 Å². The Kier molecular flexibility index (Phi) is 3.06. The first-order valence-electron chi connectivity index (χ1n) is 4.18. The normalized spacial score (nSPS) is 10.3. The molecule has 1 heterocycles. The molecule has 0 aliphatic rings. The van der Waals surface area contributed by atoms with Crippen molar-refractivity contribution in [2.75, 3.05) is 6.67 Å². The van der Waals surface area contributed by atoms with Crippen LogP contribution in [-0.2, 0) is 13.0 Å². The van der Waals surface area contributed by atoms with Crippen LogP contribution >= 0.6 is 0 Å². The number of carboxylic acid groups (broad SMARTS) is 1. The topological polar surface area (TPSA) is 42.2 Å². The second-order valence-corrected chi connectivity index (χ2v) is 2.72. The Hall–Kier alpha value is -1.32. The zero-order chi connectivity index (χ0) is 9.84. The molecule has 0 saturated heterocycles. The number of aryl methyl sites for hydroxylation is 1. The van der Waals surface area contributed by atoms with Crippen LogP contribution in [0.2, 0.25) is 0 Å². The Labute approximate surface area is 75.8 Å². The molecule has 0 unspecified atom stereocenters. The van der Waals surface area contributed by atoms with Crippen LogP contribution in [0.1, 0.15) is 23.0 Å². The molecule has 0 radical (unpaired) electrons.